The molecule has 0 aromatic heterocycles. The zero-order valence-corrected chi connectivity index (χ0v) is 9.47. The van der Waals surface area contributed by atoms with Crippen molar-refractivity contribution in [3.05, 3.63) is 11.6 Å². The third-order valence-corrected chi connectivity index (χ3v) is 3.79. The van der Waals surface area contributed by atoms with Crippen LogP contribution in [0.1, 0.15) is 51.9 Å². The second-order valence-corrected chi connectivity index (χ2v) is 4.92. The minimum Gasteiger partial charge on any atom is -0.300 e. The van der Waals surface area contributed by atoms with Crippen molar-refractivity contribution in [1.82, 2.24) is 4.90 Å². The first-order valence-corrected chi connectivity index (χ1v) is 6.26. The van der Waals surface area contributed by atoms with Gasteiger partial charge in [-0.1, -0.05) is 30.9 Å². The molecular weight excluding hydrogens is 170 g/mol. The lowest BCUT2D eigenvalue weighted by atomic mass is 9.94. The van der Waals surface area contributed by atoms with Gasteiger partial charge in [-0.25, -0.2) is 0 Å². The fourth-order valence-electron chi connectivity index (χ4n) is 2.82. The number of hydrogen-bond acceptors (Lipinski definition) is 1. The molecule has 80 valence electrons. The van der Waals surface area contributed by atoms with Gasteiger partial charge in [-0.3, -0.25) is 4.90 Å². The number of hydrogen-bond donors (Lipinski definition) is 0. The summed E-state index contributed by atoms with van der Waals surface area (Å²) in [6.45, 7) is 4.90. The number of nitrogens with zero attached hydrogens (tertiary/aromatic N) is 1. The van der Waals surface area contributed by atoms with Crippen LogP contribution in [0.2, 0.25) is 0 Å². The van der Waals surface area contributed by atoms with Gasteiger partial charge in [-0.2, -0.15) is 0 Å². The average molecular weight is 193 g/mol. The number of rotatable bonds is 1. The fraction of sp³-hybridized carbons (Fsp3) is 0.846. The molecule has 14 heavy (non-hydrogen) atoms. The van der Waals surface area contributed by atoms with Crippen molar-refractivity contribution in [2.75, 3.05) is 13.1 Å². The summed E-state index contributed by atoms with van der Waals surface area (Å²) in [6, 6.07) is 0.919. The van der Waals surface area contributed by atoms with Crippen molar-refractivity contribution in [3.8, 4) is 0 Å². The van der Waals surface area contributed by atoms with Gasteiger partial charge in [0, 0.05) is 19.1 Å². The summed E-state index contributed by atoms with van der Waals surface area (Å²) >= 11 is 0. The third-order valence-electron chi connectivity index (χ3n) is 3.79. The second-order valence-electron chi connectivity index (χ2n) is 4.92. The summed E-state index contributed by atoms with van der Waals surface area (Å²) in [5.74, 6) is 0. The van der Waals surface area contributed by atoms with Gasteiger partial charge >= 0.3 is 0 Å². The Hall–Kier alpha value is -0.300. The highest BCUT2D eigenvalue weighted by Crippen LogP contribution is 2.24. The first kappa shape index (κ1) is 10.2. The van der Waals surface area contributed by atoms with Gasteiger partial charge in [0.25, 0.3) is 0 Å². The predicted molar refractivity (Wildman–Crippen MR) is 61.4 cm³/mol. The molecule has 1 fully saturated rings. The SMILES string of the molecule is CC1=CCCN(C2CCCCC2)CC1. The van der Waals surface area contributed by atoms with Crippen LogP contribution >= 0.6 is 0 Å². The largest absolute Gasteiger partial charge is 0.300 e. The molecule has 0 bridgehead atoms. The molecule has 0 aromatic carbocycles. The molecule has 1 heterocycles. The molecule has 0 spiro atoms. The molecule has 1 heteroatoms. The standard InChI is InChI=1S/C13H23N/c1-12-6-5-10-14(11-9-12)13-7-3-2-4-8-13/h6,13H,2-5,7-11H2,1H3. The lowest BCUT2D eigenvalue weighted by Gasteiger charge is -2.33. The van der Waals surface area contributed by atoms with Gasteiger partial charge in [0.05, 0.1) is 0 Å². The van der Waals surface area contributed by atoms with Crippen LogP contribution < -0.4 is 0 Å². The molecule has 0 unspecified atom stereocenters. The van der Waals surface area contributed by atoms with E-state index in [4.69, 9.17) is 0 Å². The molecule has 1 nitrogen and oxygen atoms in total. The first-order chi connectivity index (χ1) is 6.86. The summed E-state index contributed by atoms with van der Waals surface area (Å²) in [4.78, 5) is 2.74. The maximum absolute atomic E-state index is 2.74. The Morgan fingerprint density at radius 2 is 1.93 bits per heavy atom. The van der Waals surface area contributed by atoms with E-state index in [1.165, 1.54) is 58.0 Å². The molecule has 0 N–H and O–H groups in total. The van der Waals surface area contributed by atoms with Crippen molar-refractivity contribution in [3.63, 3.8) is 0 Å². The van der Waals surface area contributed by atoms with Crippen LogP contribution in [-0.4, -0.2) is 24.0 Å². The lowest BCUT2D eigenvalue weighted by Crippen LogP contribution is -2.37. The Labute approximate surface area is 88.2 Å². The van der Waals surface area contributed by atoms with Crippen LogP contribution in [0.5, 0.6) is 0 Å². The maximum Gasteiger partial charge on any atom is 0.00955 e. The van der Waals surface area contributed by atoms with Crippen LogP contribution in [0.4, 0.5) is 0 Å². The van der Waals surface area contributed by atoms with E-state index < -0.39 is 0 Å². The van der Waals surface area contributed by atoms with E-state index in [9.17, 15) is 0 Å². The van der Waals surface area contributed by atoms with E-state index in [1.54, 1.807) is 5.57 Å². The van der Waals surface area contributed by atoms with Gasteiger partial charge in [0.2, 0.25) is 0 Å². The molecule has 0 amide bonds. The highest BCUT2D eigenvalue weighted by Gasteiger charge is 2.21. The van der Waals surface area contributed by atoms with Crippen molar-refractivity contribution < 1.29 is 0 Å². The van der Waals surface area contributed by atoms with E-state index >= 15 is 0 Å². The molecule has 0 atom stereocenters. The Bertz CT molecular complexity index is 201. The van der Waals surface area contributed by atoms with Crippen LogP contribution in [0.3, 0.4) is 0 Å². The Morgan fingerprint density at radius 1 is 1.14 bits per heavy atom. The van der Waals surface area contributed by atoms with Crippen molar-refractivity contribution in [1.29, 1.82) is 0 Å². The van der Waals surface area contributed by atoms with Crippen LogP contribution in [0.25, 0.3) is 0 Å². The molecule has 1 saturated carbocycles. The summed E-state index contributed by atoms with van der Waals surface area (Å²) < 4.78 is 0. The maximum atomic E-state index is 2.74. The smallest absolute Gasteiger partial charge is 0.00955 e. The van der Waals surface area contributed by atoms with Gasteiger partial charge in [0.15, 0.2) is 0 Å². The zero-order valence-electron chi connectivity index (χ0n) is 9.47. The lowest BCUT2D eigenvalue weighted by molar-refractivity contribution is 0.163. The molecule has 1 aliphatic carbocycles. The second kappa shape index (κ2) is 4.97. The molecule has 1 aliphatic heterocycles. The van der Waals surface area contributed by atoms with Crippen molar-refractivity contribution in [2.45, 2.75) is 57.9 Å². The Balaban J connectivity index is 1.85. The van der Waals surface area contributed by atoms with Crippen molar-refractivity contribution >= 4 is 0 Å². The summed E-state index contributed by atoms with van der Waals surface area (Å²) in [7, 11) is 0. The van der Waals surface area contributed by atoms with E-state index in [-0.39, 0.29) is 0 Å². The third kappa shape index (κ3) is 2.60. The van der Waals surface area contributed by atoms with Crippen LogP contribution in [-0.2, 0) is 0 Å². The van der Waals surface area contributed by atoms with Gasteiger partial charge < -0.3 is 0 Å². The van der Waals surface area contributed by atoms with Gasteiger partial charge in [0.1, 0.15) is 0 Å². The predicted octanol–water partition coefficient (Wildman–Crippen LogP) is 3.36. The van der Waals surface area contributed by atoms with Gasteiger partial charge in [-0.15, -0.1) is 0 Å². The first-order valence-electron chi connectivity index (χ1n) is 6.26. The van der Waals surface area contributed by atoms with E-state index in [0.717, 1.165) is 6.04 Å². The summed E-state index contributed by atoms with van der Waals surface area (Å²) in [5, 5.41) is 0. The highest BCUT2D eigenvalue weighted by atomic mass is 15.1. The van der Waals surface area contributed by atoms with E-state index in [1.807, 2.05) is 0 Å². The normalized spacial score (nSPS) is 27.1. The molecular formula is C13H23N. The highest BCUT2D eigenvalue weighted by molar-refractivity contribution is 5.01. The Kier molecular flexibility index (Phi) is 3.63. The minimum atomic E-state index is 0.919. The molecule has 0 saturated heterocycles. The average Bonchev–Trinajstić information content (AvgIpc) is 2.44. The monoisotopic (exact) mass is 193 g/mol. The summed E-state index contributed by atoms with van der Waals surface area (Å²) in [5.41, 5.74) is 1.60. The van der Waals surface area contributed by atoms with E-state index in [2.05, 4.69) is 17.9 Å². The molecule has 0 radical (unpaired) electrons. The Morgan fingerprint density at radius 3 is 2.71 bits per heavy atom. The van der Waals surface area contributed by atoms with Crippen molar-refractivity contribution in [2.24, 2.45) is 0 Å². The molecule has 2 rings (SSSR count). The molecule has 0 aromatic rings. The summed E-state index contributed by atoms with van der Waals surface area (Å²) in [6.07, 6.45) is 12.3. The topological polar surface area (TPSA) is 3.24 Å². The molecule has 2 aliphatic rings. The minimum absolute atomic E-state index is 0.919. The van der Waals surface area contributed by atoms with Gasteiger partial charge in [-0.05, 0) is 32.6 Å². The van der Waals surface area contributed by atoms with E-state index in [0.29, 0.717) is 0 Å². The zero-order chi connectivity index (χ0) is 9.80. The quantitative estimate of drug-likeness (QED) is 0.577. The van der Waals surface area contributed by atoms with Crippen LogP contribution in [0.15, 0.2) is 11.6 Å². The fourth-order valence-corrected chi connectivity index (χ4v) is 2.82. The van der Waals surface area contributed by atoms with Crippen LogP contribution in [0, 0.1) is 0 Å².